The van der Waals surface area contributed by atoms with Crippen LogP contribution in [-0.4, -0.2) is 42.2 Å². The maximum atomic E-state index is 12.5. The van der Waals surface area contributed by atoms with Gasteiger partial charge in [-0.05, 0) is 63.4 Å². The van der Waals surface area contributed by atoms with Crippen molar-refractivity contribution >= 4 is 11.9 Å². The lowest BCUT2D eigenvalue weighted by atomic mass is 9.99. The van der Waals surface area contributed by atoms with E-state index in [1.807, 2.05) is 39.8 Å². The Morgan fingerprint density at radius 1 is 1.07 bits per heavy atom. The number of hydrogen-bond acceptors (Lipinski definition) is 6. The molecule has 0 saturated carbocycles. The van der Waals surface area contributed by atoms with Crippen molar-refractivity contribution in [3.05, 3.63) is 40.7 Å². The van der Waals surface area contributed by atoms with Gasteiger partial charge in [0.15, 0.2) is 11.5 Å². The fraction of sp³-hybridized carbons (Fsp3) is 0.476. The number of amides is 1. The summed E-state index contributed by atoms with van der Waals surface area (Å²) in [5.74, 6) is 1.82. The van der Waals surface area contributed by atoms with E-state index in [-0.39, 0.29) is 11.4 Å². The van der Waals surface area contributed by atoms with Gasteiger partial charge in [0, 0.05) is 24.3 Å². The third kappa shape index (κ3) is 4.35. The van der Waals surface area contributed by atoms with Gasteiger partial charge in [0.2, 0.25) is 5.95 Å². The van der Waals surface area contributed by atoms with Crippen molar-refractivity contribution in [3.8, 4) is 11.5 Å². The number of fused-ring (bicyclic) bond motifs is 1. The lowest BCUT2D eigenvalue weighted by molar-refractivity contribution is 0.0914. The van der Waals surface area contributed by atoms with Crippen LogP contribution < -0.4 is 19.7 Å². The molecule has 0 aliphatic carbocycles. The highest BCUT2D eigenvalue weighted by Gasteiger charge is 2.23. The molecule has 0 saturated heterocycles. The standard InChI is InChI=1S/C21H28N4O3/c1-13-9-16(19(26)24-21(2,3)4)23-20(22-13)25-8-7-14-10-17(27-5)18(28-6)11-15(14)12-25/h9-11H,7-8,12H2,1-6H3,(H,24,26). The minimum absolute atomic E-state index is 0.192. The smallest absolute Gasteiger partial charge is 0.270 e. The van der Waals surface area contributed by atoms with E-state index in [2.05, 4.69) is 20.2 Å². The van der Waals surface area contributed by atoms with Crippen LogP contribution in [0.5, 0.6) is 11.5 Å². The number of hydrogen-bond donors (Lipinski definition) is 1. The highest BCUT2D eigenvalue weighted by Crippen LogP contribution is 2.34. The molecule has 0 spiro atoms. The molecule has 1 aromatic heterocycles. The summed E-state index contributed by atoms with van der Waals surface area (Å²) in [5, 5.41) is 2.96. The number of aryl methyl sites for hydroxylation is 1. The Hall–Kier alpha value is -2.83. The van der Waals surface area contributed by atoms with Crippen molar-refractivity contribution in [2.75, 3.05) is 25.7 Å². The van der Waals surface area contributed by atoms with Gasteiger partial charge >= 0.3 is 0 Å². The number of carbonyl (C=O) groups excluding carboxylic acids is 1. The van der Waals surface area contributed by atoms with E-state index < -0.39 is 0 Å². The number of carbonyl (C=O) groups is 1. The first-order valence-electron chi connectivity index (χ1n) is 9.37. The molecule has 7 heteroatoms. The largest absolute Gasteiger partial charge is 0.493 e. The van der Waals surface area contributed by atoms with Gasteiger partial charge in [0.25, 0.3) is 5.91 Å². The van der Waals surface area contributed by atoms with Crippen LogP contribution >= 0.6 is 0 Å². The van der Waals surface area contributed by atoms with Crippen molar-refractivity contribution < 1.29 is 14.3 Å². The van der Waals surface area contributed by atoms with Crippen molar-refractivity contribution in [1.82, 2.24) is 15.3 Å². The van der Waals surface area contributed by atoms with E-state index >= 15 is 0 Å². The Balaban J connectivity index is 1.88. The minimum atomic E-state index is -0.324. The van der Waals surface area contributed by atoms with E-state index in [1.165, 1.54) is 5.56 Å². The lowest BCUT2D eigenvalue weighted by Gasteiger charge is -2.30. The van der Waals surface area contributed by atoms with Gasteiger partial charge in [-0.3, -0.25) is 4.79 Å². The molecule has 1 aromatic carbocycles. The molecule has 1 aliphatic rings. The van der Waals surface area contributed by atoms with E-state index in [9.17, 15) is 4.79 Å². The molecule has 0 bridgehead atoms. The molecule has 0 fully saturated rings. The van der Waals surface area contributed by atoms with E-state index in [0.717, 1.165) is 30.0 Å². The van der Waals surface area contributed by atoms with E-state index in [1.54, 1.807) is 20.3 Å². The van der Waals surface area contributed by atoms with Crippen molar-refractivity contribution in [2.24, 2.45) is 0 Å². The second-order valence-corrected chi connectivity index (χ2v) is 8.05. The number of nitrogens with zero attached hydrogens (tertiary/aromatic N) is 3. The zero-order valence-corrected chi connectivity index (χ0v) is 17.4. The summed E-state index contributed by atoms with van der Waals surface area (Å²) in [5.41, 5.74) is 3.20. The van der Waals surface area contributed by atoms with Gasteiger partial charge in [-0.25, -0.2) is 9.97 Å². The molecule has 3 rings (SSSR count). The molecule has 1 aliphatic heterocycles. The number of rotatable bonds is 4. The van der Waals surface area contributed by atoms with Gasteiger partial charge in [-0.1, -0.05) is 0 Å². The number of aromatic nitrogens is 2. The maximum absolute atomic E-state index is 12.5. The molecule has 1 N–H and O–H groups in total. The fourth-order valence-electron chi connectivity index (χ4n) is 3.27. The number of ether oxygens (including phenoxy) is 2. The molecular formula is C21H28N4O3. The van der Waals surface area contributed by atoms with Crippen LogP contribution in [0.2, 0.25) is 0 Å². The quantitative estimate of drug-likeness (QED) is 0.873. The third-order valence-electron chi connectivity index (χ3n) is 4.56. The molecule has 7 nitrogen and oxygen atoms in total. The molecule has 1 amide bonds. The normalized spacial score (nSPS) is 13.7. The SMILES string of the molecule is COc1cc2c(cc1OC)CN(c1nc(C)cc(C(=O)NC(C)(C)C)n1)CC2. The summed E-state index contributed by atoms with van der Waals surface area (Å²) in [6.45, 7) is 9.14. The van der Waals surface area contributed by atoms with E-state index in [0.29, 0.717) is 23.9 Å². The van der Waals surface area contributed by atoms with Crippen molar-refractivity contribution in [1.29, 1.82) is 0 Å². The molecular weight excluding hydrogens is 356 g/mol. The molecule has 28 heavy (non-hydrogen) atoms. The maximum Gasteiger partial charge on any atom is 0.270 e. The van der Waals surface area contributed by atoms with Crippen LogP contribution in [0.25, 0.3) is 0 Å². The summed E-state index contributed by atoms with van der Waals surface area (Å²) < 4.78 is 10.8. The predicted octanol–water partition coefficient (Wildman–Crippen LogP) is 2.89. The Labute approximate surface area is 166 Å². The number of anilines is 1. The second-order valence-electron chi connectivity index (χ2n) is 8.05. The van der Waals surface area contributed by atoms with Gasteiger partial charge in [-0.2, -0.15) is 0 Å². The van der Waals surface area contributed by atoms with Crippen molar-refractivity contribution in [3.63, 3.8) is 0 Å². The lowest BCUT2D eigenvalue weighted by Crippen LogP contribution is -2.41. The molecule has 150 valence electrons. The van der Waals surface area contributed by atoms with Crippen LogP contribution in [0, 0.1) is 6.92 Å². The predicted molar refractivity (Wildman–Crippen MR) is 108 cm³/mol. The van der Waals surface area contributed by atoms with Gasteiger partial charge in [0.05, 0.1) is 14.2 Å². The molecule has 0 unspecified atom stereocenters. The van der Waals surface area contributed by atoms with Gasteiger partial charge in [0.1, 0.15) is 5.69 Å². The summed E-state index contributed by atoms with van der Waals surface area (Å²) in [6.07, 6.45) is 0.844. The average molecular weight is 384 g/mol. The van der Waals surface area contributed by atoms with Gasteiger partial charge in [-0.15, -0.1) is 0 Å². The third-order valence-corrected chi connectivity index (χ3v) is 4.56. The fourth-order valence-corrected chi connectivity index (χ4v) is 3.27. The van der Waals surface area contributed by atoms with Crippen LogP contribution in [0.3, 0.4) is 0 Å². The summed E-state index contributed by atoms with van der Waals surface area (Å²) in [4.78, 5) is 23.7. The number of benzene rings is 1. The zero-order valence-electron chi connectivity index (χ0n) is 17.4. The second kappa shape index (κ2) is 7.66. The molecule has 2 heterocycles. The number of nitrogens with one attached hydrogen (secondary N) is 1. The first kappa shape index (κ1) is 19.9. The highest BCUT2D eigenvalue weighted by molar-refractivity contribution is 5.93. The summed E-state index contributed by atoms with van der Waals surface area (Å²) >= 11 is 0. The van der Waals surface area contributed by atoms with Crippen LogP contribution in [0.4, 0.5) is 5.95 Å². The molecule has 0 radical (unpaired) electrons. The highest BCUT2D eigenvalue weighted by atomic mass is 16.5. The van der Waals surface area contributed by atoms with Gasteiger partial charge < -0.3 is 19.7 Å². The first-order valence-corrected chi connectivity index (χ1v) is 9.37. The molecule has 0 atom stereocenters. The average Bonchev–Trinajstić information content (AvgIpc) is 2.64. The molecule has 2 aromatic rings. The summed E-state index contributed by atoms with van der Waals surface area (Å²) in [6, 6.07) is 5.75. The zero-order chi connectivity index (χ0) is 20.5. The first-order chi connectivity index (χ1) is 13.2. The van der Waals surface area contributed by atoms with Crippen molar-refractivity contribution in [2.45, 2.75) is 46.2 Å². The number of methoxy groups -OCH3 is 2. The summed E-state index contributed by atoms with van der Waals surface area (Å²) in [7, 11) is 3.28. The Morgan fingerprint density at radius 2 is 1.71 bits per heavy atom. The minimum Gasteiger partial charge on any atom is -0.493 e. The van der Waals surface area contributed by atoms with Crippen LogP contribution in [0.15, 0.2) is 18.2 Å². The Bertz CT molecular complexity index is 890. The Kier molecular flexibility index (Phi) is 5.45. The Morgan fingerprint density at radius 3 is 2.32 bits per heavy atom. The monoisotopic (exact) mass is 384 g/mol. The van der Waals surface area contributed by atoms with Crippen LogP contribution in [0.1, 0.15) is 48.1 Å². The van der Waals surface area contributed by atoms with E-state index in [4.69, 9.17) is 9.47 Å². The topological polar surface area (TPSA) is 76.6 Å². The van der Waals surface area contributed by atoms with Crippen LogP contribution in [-0.2, 0) is 13.0 Å².